The number of aliphatic hydroxyl groups excluding tert-OH is 3. The molecule has 1 aromatic carbocycles. The molecule has 0 unspecified atom stereocenters. The topological polar surface area (TPSA) is 79.2 Å². The highest BCUT2D eigenvalue weighted by Crippen LogP contribution is 2.34. The summed E-state index contributed by atoms with van der Waals surface area (Å²) in [5, 5.41) is 30.4. The second kappa shape index (κ2) is 8.93. The van der Waals surface area contributed by atoms with Gasteiger partial charge in [0, 0.05) is 11.5 Å². The third-order valence-electron chi connectivity index (χ3n) is 4.74. The van der Waals surface area contributed by atoms with E-state index in [2.05, 4.69) is 0 Å². The molecule has 1 aliphatic carbocycles. The van der Waals surface area contributed by atoms with E-state index in [4.69, 9.17) is 21.1 Å². The Morgan fingerprint density at radius 3 is 2.63 bits per heavy atom. The Morgan fingerprint density at radius 2 is 1.96 bits per heavy atom. The monoisotopic (exact) mass is 392 g/mol. The Hall–Kier alpha value is -1.79. The maximum atomic E-state index is 10.3. The second-order valence-corrected chi connectivity index (χ2v) is 7.15. The number of benzene rings is 1. The number of allylic oxidation sites excluding steroid dienone is 5. The summed E-state index contributed by atoms with van der Waals surface area (Å²) < 4.78 is 11.2. The standard InChI is InChI=1S/C21H25ClO5/c1-2-26-16-6-3-13(4-7-16)9-15-10-14(5-8-18(15)22)21-20(25)19(24)11-17(12-23)27-21/h3-4,6-8,10,17,19-20,23-25H,2,5,9,11-12H2,1H3/b21-14+/t17-,19-,20-/m0/s1. The van der Waals surface area contributed by atoms with Crippen LogP contribution in [0.25, 0.3) is 0 Å². The highest BCUT2D eigenvalue weighted by molar-refractivity contribution is 6.32. The number of halogens is 1. The summed E-state index contributed by atoms with van der Waals surface area (Å²) >= 11 is 6.39. The van der Waals surface area contributed by atoms with Gasteiger partial charge in [0.15, 0.2) is 0 Å². The van der Waals surface area contributed by atoms with E-state index in [1.807, 2.05) is 43.3 Å². The molecule has 1 heterocycles. The summed E-state index contributed by atoms with van der Waals surface area (Å²) in [7, 11) is 0. The van der Waals surface area contributed by atoms with Crippen molar-refractivity contribution < 1.29 is 24.8 Å². The number of aliphatic hydroxyl groups is 3. The van der Waals surface area contributed by atoms with Crippen molar-refractivity contribution in [1.29, 1.82) is 0 Å². The zero-order chi connectivity index (χ0) is 19.4. The van der Waals surface area contributed by atoms with Crippen molar-refractivity contribution in [1.82, 2.24) is 0 Å². The minimum Gasteiger partial charge on any atom is -0.494 e. The zero-order valence-electron chi connectivity index (χ0n) is 15.3. The van der Waals surface area contributed by atoms with Crippen LogP contribution in [0.15, 0.2) is 58.4 Å². The third kappa shape index (κ3) is 4.74. The molecule has 0 saturated carbocycles. The second-order valence-electron chi connectivity index (χ2n) is 6.74. The van der Waals surface area contributed by atoms with Crippen molar-refractivity contribution in [2.24, 2.45) is 0 Å². The maximum Gasteiger partial charge on any atom is 0.137 e. The molecular formula is C21H25ClO5. The average molecular weight is 393 g/mol. The maximum absolute atomic E-state index is 10.3. The number of rotatable bonds is 5. The fourth-order valence-corrected chi connectivity index (χ4v) is 3.51. The molecule has 0 spiro atoms. The fraction of sp³-hybridized carbons (Fsp3) is 0.429. The summed E-state index contributed by atoms with van der Waals surface area (Å²) in [4.78, 5) is 0. The van der Waals surface area contributed by atoms with Gasteiger partial charge in [-0.1, -0.05) is 35.9 Å². The first-order valence-electron chi connectivity index (χ1n) is 9.16. The third-order valence-corrected chi connectivity index (χ3v) is 5.13. The van der Waals surface area contributed by atoms with Gasteiger partial charge in [0.1, 0.15) is 23.7 Å². The van der Waals surface area contributed by atoms with Crippen molar-refractivity contribution >= 4 is 11.6 Å². The first kappa shape index (κ1) is 20.0. The van der Waals surface area contributed by atoms with Gasteiger partial charge in [-0.2, -0.15) is 0 Å². The quantitative estimate of drug-likeness (QED) is 0.718. The molecule has 2 aliphatic rings. The van der Waals surface area contributed by atoms with Crippen molar-refractivity contribution in [2.45, 2.75) is 44.5 Å². The van der Waals surface area contributed by atoms with Crippen LogP contribution in [-0.2, 0) is 11.2 Å². The van der Waals surface area contributed by atoms with Crippen molar-refractivity contribution in [2.75, 3.05) is 13.2 Å². The predicted molar refractivity (Wildman–Crippen MR) is 104 cm³/mol. The van der Waals surface area contributed by atoms with E-state index in [0.29, 0.717) is 30.2 Å². The van der Waals surface area contributed by atoms with E-state index in [1.165, 1.54) is 0 Å². The van der Waals surface area contributed by atoms with E-state index < -0.39 is 18.3 Å². The SMILES string of the molecule is CCOc1ccc(CC2=C/C(=C3/O[C@H](CO)C[C@H](O)[C@@H]3O)CC=C2Cl)cc1. The molecule has 1 aliphatic heterocycles. The lowest BCUT2D eigenvalue weighted by Gasteiger charge is -2.34. The predicted octanol–water partition coefficient (Wildman–Crippen LogP) is 2.84. The fourth-order valence-electron chi connectivity index (χ4n) is 3.31. The van der Waals surface area contributed by atoms with Gasteiger partial charge in [-0.3, -0.25) is 0 Å². The Kier molecular flexibility index (Phi) is 6.60. The minimum absolute atomic E-state index is 0.202. The lowest BCUT2D eigenvalue weighted by molar-refractivity contribution is -0.0914. The van der Waals surface area contributed by atoms with Crippen LogP contribution in [0.5, 0.6) is 5.75 Å². The zero-order valence-corrected chi connectivity index (χ0v) is 16.0. The summed E-state index contributed by atoms with van der Waals surface area (Å²) in [6.45, 7) is 2.36. The van der Waals surface area contributed by atoms with Crippen LogP contribution in [0.3, 0.4) is 0 Å². The Labute approximate surface area is 164 Å². The molecule has 0 radical (unpaired) electrons. The van der Waals surface area contributed by atoms with Crippen LogP contribution >= 0.6 is 11.6 Å². The highest BCUT2D eigenvalue weighted by atomic mass is 35.5. The molecule has 1 aromatic rings. The summed E-state index contributed by atoms with van der Waals surface area (Å²) in [6.07, 6.45) is 2.54. The highest BCUT2D eigenvalue weighted by Gasteiger charge is 2.34. The van der Waals surface area contributed by atoms with E-state index in [0.717, 1.165) is 22.5 Å². The van der Waals surface area contributed by atoms with Crippen LogP contribution < -0.4 is 4.74 Å². The molecule has 5 nitrogen and oxygen atoms in total. The normalized spacial score (nSPS) is 28.3. The molecule has 0 amide bonds. The molecule has 1 saturated heterocycles. The largest absolute Gasteiger partial charge is 0.494 e. The first-order valence-corrected chi connectivity index (χ1v) is 9.54. The number of hydrogen-bond acceptors (Lipinski definition) is 5. The van der Waals surface area contributed by atoms with Gasteiger partial charge < -0.3 is 24.8 Å². The molecule has 6 heteroatoms. The number of hydrogen-bond donors (Lipinski definition) is 3. The Bertz CT molecular complexity index is 750. The lowest BCUT2D eigenvalue weighted by atomic mass is 9.92. The van der Waals surface area contributed by atoms with Gasteiger partial charge >= 0.3 is 0 Å². The van der Waals surface area contributed by atoms with Crippen molar-refractivity contribution in [3.8, 4) is 5.75 Å². The van der Waals surface area contributed by atoms with Crippen molar-refractivity contribution in [3.05, 3.63) is 63.9 Å². The van der Waals surface area contributed by atoms with Crippen LogP contribution in [-0.4, -0.2) is 46.8 Å². The van der Waals surface area contributed by atoms with Crippen LogP contribution in [0.1, 0.15) is 25.3 Å². The van der Waals surface area contributed by atoms with Crippen molar-refractivity contribution in [3.63, 3.8) is 0 Å². The van der Waals surface area contributed by atoms with Gasteiger partial charge in [-0.15, -0.1) is 0 Å². The first-order chi connectivity index (χ1) is 13.0. The molecule has 0 bridgehead atoms. The lowest BCUT2D eigenvalue weighted by Crippen LogP contribution is -2.41. The van der Waals surface area contributed by atoms with Gasteiger partial charge in [0.25, 0.3) is 0 Å². The summed E-state index contributed by atoms with van der Waals surface area (Å²) in [5.41, 5.74) is 2.76. The van der Waals surface area contributed by atoms with Crippen LogP contribution in [0.4, 0.5) is 0 Å². The molecule has 0 aromatic heterocycles. The van der Waals surface area contributed by atoms with E-state index in [1.54, 1.807) is 0 Å². The summed E-state index contributed by atoms with van der Waals surface area (Å²) in [5.74, 6) is 1.14. The minimum atomic E-state index is -1.10. The molecule has 27 heavy (non-hydrogen) atoms. The van der Waals surface area contributed by atoms with Gasteiger partial charge in [0.05, 0.1) is 19.3 Å². The number of ether oxygens (including phenoxy) is 2. The Balaban J connectivity index is 1.84. The van der Waals surface area contributed by atoms with Crippen LogP contribution in [0, 0.1) is 0 Å². The van der Waals surface area contributed by atoms with Gasteiger partial charge in [0.2, 0.25) is 0 Å². The summed E-state index contributed by atoms with van der Waals surface area (Å²) in [6, 6.07) is 7.84. The molecular weight excluding hydrogens is 368 g/mol. The van der Waals surface area contributed by atoms with E-state index >= 15 is 0 Å². The molecule has 3 atom stereocenters. The van der Waals surface area contributed by atoms with Gasteiger partial charge in [-0.25, -0.2) is 0 Å². The molecule has 146 valence electrons. The molecule has 1 fully saturated rings. The Morgan fingerprint density at radius 1 is 1.22 bits per heavy atom. The average Bonchev–Trinajstić information content (AvgIpc) is 2.67. The van der Waals surface area contributed by atoms with Gasteiger partial charge in [-0.05, 0) is 48.6 Å². The molecule has 3 rings (SSSR count). The van der Waals surface area contributed by atoms with E-state index in [9.17, 15) is 15.3 Å². The van der Waals surface area contributed by atoms with E-state index in [-0.39, 0.29) is 13.0 Å². The smallest absolute Gasteiger partial charge is 0.137 e. The van der Waals surface area contributed by atoms with Crippen LogP contribution in [0.2, 0.25) is 0 Å². The molecule has 3 N–H and O–H groups in total.